The summed E-state index contributed by atoms with van der Waals surface area (Å²) in [5.41, 5.74) is 0.738. The molecule has 148 valence electrons. The largest absolute Gasteiger partial charge is 0.452 e. The second-order valence-electron chi connectivity index (χ2n) is 6.35. The molecule has 0 saturated heterocycles. The number of benzene rings is 3. The maximum absolute atomic E-state index is 13.3. The van der Waals surface area contributed by atoms with Crippen molar-refractivity contribution in [1.82, 2.24) is 0 Å². The molecule has 0 saturated carbocycles. The van der Waals surface area contributed by atoms with Crippen molar-refractivity contribution in [2.75, 3.05) is 0 Å². The van der Waals surface area contributed by atoms with Crippen LogP contribution >= 0.6 is 0 Å². The molecular weight excluding hydrogens is 393 g/mol. The Hall–Kier alpha value is -4.33. The monoisotopic (exact) mass is 405 g/mol. The van der Waals surface area contributed by atoms with Gasteiger partial charge < -0.3 is 9.47 Å². The summed E-state index contributed by atoms with van der Waals surface area (Å²) in [6, 6.07) is 15.0. The molecule has 0 bridgehead atoms. The van der Waals surface area contributed by atoms with Crippen molar-refractivity contribution in [1.29, 1.82) is 0 Å². The van der Waals surface area contributed by atoms with Crippen LogP contribution in [-0.4, -0.2) is 16.7 Å². The zero-order chi connectivity index (χ0) is 21.3. The van der Waals surface area contributed by atoms with Crippen LogP contribution in [0, 0.1) is 15.9 Å². The number of esters is 1. The topological polar surface area (TPSA) is 95.7 Å². The van der Waals surface area contributed by atoms with Crippen LogP contribution in [0.25, 0.3) is 6.08 Å². The number of hydrogen-bond donors (Lipinski definition) is 0. The van der Waals surface area contributed by atoms with E-state index in [9.17, 15) is 24.1 Å². The third kappa shape index (κ3) is 3.79. The van der Waals surface area contributed by atoms with Crippen LogP contribution in [0.15, 0.2) is 72.5 Å². The Labute approximate surface area is 169 Å². The number of nitro groups is 1. The van der Waals surface area contributed by atoms with Gasteiger partial charge in [-0.15, -0.1) is 0 Å². The van der Waals surface area contributed by atoms with Gasteiger partial charge in [0.25, 0.3) is 5.69 Å². The normalized spacial score (nSPS) is 13.6. The first-order chi connectivity index (χ1) is 14.4. The van der Waals surface area contributed by atoms with Gasteiger partial charge in [-0.3, -0.25) is 14.9 Å². The average molecular weight is 405 g/mol. The Morgan fingerprint density at radius 2 is 1.83 bits per heavy atom. The minimum Gasteiger partial charge on any atom is -0.452 e. The van der Waals surface area contributed by atoms with E-state index in [0.29, 0.717) is 5.56 Å². The molecule has 1 aliphatic rings. The molecule has 3 aromatic carbocycles. The molecule has 8 heteroatoms. The Bertz CT molecular complexity index is 1220. The SMILES string of the molecule is O=C(Oc1ccc2c(c1)O/C(=C\c1cccc(F)c1)C2=O)c1ccc([N+](=O)[O-])cc1. The fourth-order valence-electron chi connectivity index (χ4n) is 2.86. The van der Waals surface area contributed by atoms with E-state index in [-0.39, 0.29) is 39.9 Å². The molecule has 4 rings (SSSR count). The van der Waals surface area contributed by atoms with Gasteiger partial charge in [0.15, 0.2) is 5.76 Å². The number of carbonyl (C=O) groups excluding carboxylic acids is 2. The maximum atomic E-state index is 13.3. The smallest absolute Gasteiger partial charge is 0.343 e. The molecule has 0 atom stereocenters. The summed E-state index contributed by atoms with van der Waals surface area (Å²) in [5.74, 6) is -1.16. The van der Waals surface area contributed by atoms with Gasteiger partial charge in [-0.25, -0.2) is 9.18 Å². The number of carbonyl (C=O) groups is 2. The van der Waals surface area contributed by atoms with E-state index >= 15 is 0 Å². The number of nitro benzene ring substituents is 1. The summed E-state index contributed by atoms with van der Waals surface area (Å²) < 4.78 is 24.2. The van der Waals surface area contributed by atoms with E-state index in [2.05, 4.69) is 0 Å². The summed E-state index contributed by atoms with van der Waals surface area (Å²) >= 11 is 0. The molecular formula is C22H12FNO6. The van der Waals surface area contributed by atoms with Crippen LogP contribution in [0.2, 0.25) is 0 Å². The number of nitrogens with zero attached hydrogens (tertiary/aromatic N) is 1. The molecule has 1 heterocycles. The number of allylic oxidation sites excluding steroid dienone is 1. The average Bonchev–Trinajstić information content (AvgIpc) is 3.03. The Morgan fingerprint density at radius 1 is 1.07 bits per heavy atom. The van der Waals surface area contributed by atoms with Crippen molar-refractivity contribution in [3.8, 4) is 11.5 Å². The molecule has 0 N–H and O–H groups in total. The second kappa shape index (κ2) is 7.59. The maximum Gasteiger partial charge on any atom is 0.343 e. The fourth-order valence-corrected chi connectivity index (χ4v) is 2.86. The molecule has 0 amide bonds. The third-order valence-electron chi connectivity index (χ3n) is 4.31. The lowest BCUT2D eigenvalue weighted by Crippen LogP contribution is -2.08. The standard InChI is InChI=1S/C22H12FNO6/c23-15-3-1-2-13(10-15)11-20-21(25)18-9-8-17(12-19(18)30-20)29-22(26)14-4-6-16(7-5-14)24(27)28/h1-12H/b20-11-. The lowest BCUT2D eigenvalue weighted by molar-refractivity contribution is -0.384. The first-order valence-corrected chi connectivity index (χ1v) is 8.71. The minimum absolute atomic E-state index is 0.0226. The number of fused-ring (bicyclic) bond motifs is 1. The third-order valence-corrected chi connectivity index (χ3v) is 4.31. The minimum atomic E-state index is -0.718. The number of ketones is 1. The molecule has 1 aliphatic heterocycles. The lowest BCUT2D eigenvalue weighted by atomic mass is 10.1. The molecule has 0 aromatic heterocycles. The van der Waals surface area contributed by atoms with Crippen LogP contribution in [0.4, 0.5) is 10.1 Å². The van der Waals surface area contributed by atoms with Gasteiger partial charge in [0.1, 0.15) is 17.3 Å². The van der Waals surface area contributed by atoms with E-state index in [1.807, 2.05) is 0 Å². The number of halogens is 1. The van der Waals surface area contributed by atoms with Gasteiger partial charge in [-0.2, -0.15) is 0 Å². The van der Waals surface area contributed by atoms with Crippen molar-refractivity contribution in [3.05, 3.63) is 105 Å². The van der Waals surface area contributed by atoms with Crippen molar-refractivity contribution >= 4 is 23.5 Å². The predicted molar refractivity (Wildman–Crippen MR) is 104 cm³/mol. The number of ether oxygens (including phenoxy) is 2. The molecule has 0 fully saturated rings. The molecule has 0 aliphatic carbocycles. The van der Waals surface area contributed by atoms with E-state index < -0.39 is 16.7 Å². The molecule has 0 radical (unpaired) electrons. The highest BCUT2D eigenvalue weighted by molar-refractivity contribution is 6.14. The quantitative estimate of drug-likeness (QED) is 0.207. The first-order valence-electron chi connectivity index (χ1n) is 8.71. The zero-order valence-electron chi connectivity index (χ0n) is 15.2. The highest BCUT2D eigenvalue weighted by atomic mass is 19.1. The highest BCUT2D eigenvalue weighted by Crippen LogP contribution is 2.35. The van der Waals surface area contributed by atoms with Crippen LogP contribution < -0.4 is 9.47 Å². The lowest BCUT2D eigenvalue weighted by Gasteiger charge is -2.05. The van der Waals surface area contributed by atoms with Crippen LogP contribution in [-0.2, 0) is 0 Å². The van der Waals surface area contributed by atoms with E-state index in [0.717, 1.165) is 0 Å². The summed E-state index contributed by atoms with van der Waals surface area (Å²) in [6.07, 6.45) is 1.42. The second-order valence-corrected chi connectivity index (χ2v) is 6.35. The number of Topliss-reactive ketones (excluding diaryl/α,β-unsaturated/α-hetero) is 1. The molecule has 0 unspecified atom stereocenters. The molecule has 30 heavy (non-hydrogen) atoms. The summed E-state index contributed by atoms with van der Waals surface area (Å²) in [7, 11) is 0. The van der Waals surface area contributed by atoms with Gasteiger partial charge >= 0.3 is 5.97 Å². The summed E-state index contributed by atoms with van der Waals surface area (Å²) in [4.78, 5) is 34.8. The van der Waals surface area contributed by atoms with Crippen LogP contribution in [0.5, 0.6) is 11.5 Å². The van der Waals surface area contributed by atoms with E-state index in [1.54, 1.807) is 6.07 Å². The number of rotatable bonds is 4. The van der Waals surface area contributed by atoms with Crippen molar-refractivity contribution in [3.63, 3.8) is 0 Å². The first kappa shape index (κ1) is 19.0. The Morgan fingerprint density at radius 3 is 2.53 bits per heavy atom. The van der Waals surface area contributed by atoms with Gasteiger partial charge in [0.05, 0.1) is 16.1 Å². The number of non-ortho nitro benzene ring substituents is 1. The molecule has 3 aromatic rings. The summed E-state index contributed by atoms with van der Waals surface area (Å²) in [6.45, 7) is 0. The van der Waals surface area contributed by atoms with Crippen LogP contribution in [0.3, 0.4) is 0 Å². The van der Waals surface area contributed by atoms with Gasteiger partial charge in [0.2, 0.25) is 5.78 Å². The van der Waals surface area contributed by atoms with Crippen molar-refractivity contribution in [2.45, 2.75) is 0 Å². The fraction of sp³-hybridized carbons (Fsp3) is 0. The Kier molecular flexibility index (Phi) is 4.81. The van der Waals surface area contributed by atoms with E-state index in [1.165, 1.54) is 66.7 Å². The van der Waals surface area contributed by atoms with E-state index in [4.69, 9.17) is 9.47 Å². The number of hydrogen-bond acceptors (Lipinski definition) is 6. The van der Waals surface area contributed by atoms with Gasteiger partial charge in [-0.1, -0.05) is 12.1 Å². The van der Waals surface area contributed by atoms with Gasteiger partial charge in [0, 0.05) is 18.2 Å². The van der Waals surface area contributed by atoms with Crippen molar-refractivity contribution < 1.29 is 28.4 Å². The zero-order valence-corrected chi connectivity index (χ0v) is 15.2. The van der Waals surface area contributed by atoms with Crippen molar-refractivity contribution in [2.24, 2.45) is 0 Å². The molecule has 0 spiro atoms. The highest BCUT2D eigenvalue weighted by Gasteiger charge is 2.28. The predicted octanol–water partition coefficient (Wildman–Crippen LogP) is 4.57. The summed E-state index contributed by atoms with van der Waals surface area (Å²) in [5, 5.41) is 10.7. The van der Waals surface area contributed by atoms with Gasteiger partial charge in [-0.05, 0) is 48.0 Å². The van der Waals surface area contributed by atoms with Crippen LogP contribution in [0.1, 0.15) is 26.3 Å². The molecule has 7 nitrogen and oxygen atoms in total. The Balaban J connectivity index is 1.52.